The predicted octanol–water partition coefficient (Wildman–Crippen LogP) is 4.40. The van der Waals surface area contributed by atoms with Gasteiger partial charge in [-0.2, -0.15) is 5.10 Å². The average Bonchev–Trinajstić information content (AvgIpc) is 3.00. The Hall–Kier alpha value is -2.99. The fourth-order valence-corrected chi connectivity index (χ4v) is 2.53. The van der Waals surface area contributed by atoms with Crippen LogP contribution in [0.15, 0.2) is 61.1 Å². The Labute approximate surface area is 141 Å². The molecule has 5 nitrogen and oxygen atoms in total. The van der Waals surface area contributed by atoms with Gasteiger partial charge < -0.3 is 4.74 Å². The highest BCUT2D eigenvalue weighted by Crippen LogP contribution is 2.28. The molecule has 0 N–H and O–H groups in total. The lowest BCUT2D eigenvalue weighted by Crippen LogP contribution is -1.98. The van der Waals surface area contributed by atoms with Gasteiger partial charge in [-0.15, -0.1) is 0 Å². The summed E-state index contributed by atoms with van der Waals surface area (Å²) >= 11 is 6.03. The first-order valence-corrected chi connectivity index (χ1v) is 7.46. The summed E-state index contributed by atoms with van der Waals surface area (Å²) in [6.45, 7) is 0. The standard InChI is InChI=1S/C17H10ClFN4O/c18-11-3-1-5-13(7-11)23-16-15(9-22-23)17(21-10-20-16)24-14-6-2-4-12(19)8-14/h1-10H. The molecule has 0 aliphatic carbocycles. The largest absolute Gasteiger partial charge is 0.438 e. The lowest BCUT2D eigenvalue weighted by atomic mass is 10.3. The van der Waals surface area contributed by atoms with Gasteiger partial charge in [-0.1, -0.05) is 23.7 Å². The number of hydrogen-bond donors (Lipinski definition) is 0. The number of ether oxygens (including phenoxy) is 1. The van der Waals surface area contributed by atoms with E-state index < -0.39 is 0 Å². The normalized spacial score (nSPS) is 10.9. The topological polar surface area (TPSA) is 52.8 Å². The minimum Gasteiger partial charge on any atom is -0.438 e. The van der Waals surface area contributed by atoms with Gasteiger partial charge in [0, 0.05) is 11.1 Å². The first-order chi connectivity index (χ1) is 11.7. The minimum absolute atomic E-state index is 0.305. The predicted molar refractivity (Wildman–Crippen MR) is 88.1 cm³/mol. The molecule has 24 heavy (non-hydrogen) atoms. The fraction of sp³-hybridized carbons (Fsp3) is 0. The third kappa shape index (κ3) is 2.68. The maximum Gasteiger partial charge on any atom is 0.233 e. The van der Waals surface area contributed by atoms with Gasteiger partial charge in [0.15, 0.2) is 5.65 Å². The highest BCUT2D eigenvalue weighted by Gasteiger charge is 2.13. The van der Waals surface area contributed by atoms with Crippen LogP contribution in [0.4, 0.5) is 4.39 Å². The van der Waals surface area contributed by atoms with E-state index in [1.807, 2.05) is 12.1 Å². The Morgan fingerprint density at radius 2 is 1.92 bits per heavy atom. The molecule has 0 saturated heterocycles. The zero-order chi connectivity index (χ0) is 16.5. The Bertz CT molecular complexity index is 1030. The van der Waals surface area contributed by atoms with Gasteiger partial charge in [0.2, 0.25) is 5.88 Å². The van der Waals surface area contributed by atoms with Crippen LogP contribution in [0.5, 0.6) is 11.6 Å². The Kier molecular flexibility index (Phi) is 3.59. The zero-order valence-electron chi connectivity index (χ0n) is 12.2. The van der Waals surface area contributed by atoms with Crippen LogP contribution in [0.1, 0.15) is 0 Å². The first kappa shape index (κ1) is 14.6. The smallest absolute Gasteiger partial charge is 0.233 e. The molecule has 0 fully saturated rings. The van der Waals surface area contributed by atoms with Crippen LogP contribution >= 0.6 is 11.6 Å². The van der Waals surface area contributed by atoms with Crippen LogP contribution in [0.3, 0.4) is 0 Å². The van der Waals surface area contributed by atoms with Crippen molar-refractivity contribution in [3.05, 3.63) is 71.9 Å². The third-order valence-corrected chi connectivity index (χ3v) is 3.63. The number of rotatable bonds is 3. The van der Waals surface area contributed by atoms with Crippen molar-refractivity contribution in [2.24, 2.45) is 0 Å². The van der Waals surface area contributed by atoms with Crippen molar-refractivity contribution in [3.8, 4) is 17.3 Å². The molecule has 0 atom stereocenters. The van der Waals surface area contributed by atoms with Crippen LogP contribution < -0.4 is 4.74 Å². The van der Waals surface area contributed by atoms with Crippen LogP contribution in [-0.2, 0) is 0 Å². The number of benzene rings is 2. The lowest BCUT2D eigenvalue weighted by molar-refractivity contribution is 0.463. The second-order valence-corrected chi connectivity index (χ2v) is 5.45. The van der Waals surface area contributed by atoms with Crippen LogP contribution in [-0.4, -0.2) is 19.7 Å². The monoisotopic (exact) mass is 340 g/mol. The van der Waals surface area contributed by atoms with Crippen molar-refractivity contribution in [1.29, 1.82) is 0 Å². The molecule has 7 heteroatoms. The fourth-order valence-electron chi connectivity index (χ4n) is 2.34. The van der Waals surface area contributed by atoms with E-state index in [0.29, 0.717) is 27.7 Å². The molecule has 0 unspecified atom stereocenters. The molecule has 4 aromatic rings. The molecule has 2 aromatic heterocycles. The molecule has 0 radical (unpaired) electrons. The van der Waals surface area contributed by atoms with E-state index in [4.69, 9.17) is 16.3 Å². The quantitative estimate of drug-likeness (QED) is 0.554. The third-order valence-electron chi connectivity index (χ3n) is 3.39. The second kappa shape index (κ2) is 5.90. The first-order valence-electron chi connectivity index (χ1n) is 7.09. The molecule has 118 valence electrons. The van der Waals surface area contributed by atoms with E-state index in [-0.39, 0.29) is 5.82 Å². The number of nitrogens with zero attached hydrogens (tertiary/aromatic N) is 4. The maximum absolute atomic E-state index is 13.3. The molecule has 0 aliphatic rings. The van der Waals surface area contributed by atoms with Gasteiger partial charge >= 0.3 is 0 Å². The SMILES string of the molecule is Fc1cccc(Oc2ncnc3c2cnn3-c2cccc(Cl)c2)c1. The summed E-state index contributed by atoms with van der Waals surface area (Å²) < 4.78 is 20.6. The molecule has 4 rings (SSSR count). The van der Waals surface area contributed by atoms with Gasteiger partial charge in [0.05, 0.1) is 11.9 Å². The van der Waals surface area contributed by atoms with Gasteiger partial charge in [0.25, 0.3) is 0 Å². The maximum atomic E-state index is 13.3. The highest BCUT2D eigenvalue weighted by atomic mass is 35.5. The summed E-state index contributed by atoms with van der Waals surface area (Å²) in [7, 11) is 0. The van der Waals surface area contributed by atoms with Gasteiger partial charge in [-0.3, -0.25) is 0 Å². The van der Waals surface area contributed by atoms with Crippen molar-refractivity contribution in [2.45, 2.75) is 0 Å². The Morgan fingerprint density at radius 1 is 1.04 bits per heavy atom. The number of halogens is 2. The minimum atomic E-state index is -0.382. The Balaban J connectivity index is 1.79. The summed E-state index contributed by atoms with van der Waals surface area (Å²) in [6.07, 6.45) is 2.98. The van der Waals surface area contributed by atoms with Gasteiger partial charge in [0.1, 0.15) is 23.3 Å². The van der Waals surface area contributed by atoms with E-state index in [9.17, 15) is 4.39 Å². The zero-order valence-corrected chi connectivity index (χ0v) is 13.0. The lowest BCUT2D eigenvalue weighted by Gasteiger charge is -2.06. The summed E-state index contributed by atoms with van der Waals surface area (Å²) in [5.41, 5.74) is 1.34. The van der Waals surface area contributed by atoms with Crippen molar-refractivity contribution in [2.75, 3.05) is 0 Å². The molecule has 0 saturated carbocycles. The van der Waals surface area contributed by atoms with Crippen molar-refractivity contribution in [1.82, 2.24) is 19.7 Å². The van der Waals surface area contributed by atoms with Crippen LogP contribution in [0.2, 0.25) is 5.02 Å². The highest BCUT2D eigenvalue weighted by molar-refractivity contribution is 6.30. The summed E-state index contributed by atoms with van der Waals surface area (Å²) in [6, 6.07) is 13.1. The summed E-state index contributed by atoms with van der Waals surface area (Å²) in [4.78, 5) is 8.38. The number of fused-ring (bicyclic) bond motifs is 1. The van der Waals surface area contributed by atoms with Crippen molar-refractivity contribution < 1.29 is 9.13 Å². The van der Waals surface area contributed by atoms with Crippen LogP contribution in [0.25, 0.3) is 16.7 Å². The molecule has 2 aromatic carbocycles. The second-order valence-electron chi connectivity index (χ2n) is 5.01. The van der Waals surface area contributed by atoms with Gasteiger partial charge in [-0.05, 0) is 30.3 Å². The average molecular weight is 341 g/mol. The van der Waals surface area contributed by atoms with E-state index in [2.05, 4.69) is 15.1 Å². The van der Waals surface area contributed by atoms with E-state index in [0.717, 1.165) is 5.69 Å². The summed E-state index contributed by atoms with van der Waals surface area (Å²) in [5.74, 6) is 0.275. The van der Waals surface area contributed by atoms with E-state index in [1.165, 1.54) is 18.5 Å². The number of hydrogen-bond acceptors (Lipinski definition) is 4. The molecule has 0 spiro atoms. The van der Waals surface area contributed by atoms with Crippen LogP contribution in [0, 0.1) is 5.82 Å². The molecule has 0 aliphatic heterocycles. The van der Waals surface area contributed by atoms with Crippen molar-refractivity contribution in [3.63, 3.8) is 0 Å². The molecule has 2 heterocycles. The van der Waals surface area contributed by atoms with Gasteiger partial charge in [-0.25, -0.2) is 19.0 Å². The van der Waals surface area contributed by atoms with Crippen molar-refractivity contribution >= 4 is 22.6 Å². The molecular formula is C17H10ClFN4O. The van der Waals surface area contributed by atoms with E-state index >= 15 is 0 Å². The molecule has 0 amide bonds. The van der Waals surface area contributed by atoms with E-state index in [1.54, 1.807) is 35.1 Å². The molecule has 0 bridgehead atoms. The molecular weight excluding hydrogens is 331 g/mol. The Morgan fingerprint density at radius 3 is 2.75 bits per heavy atom. The number of aromatic nitrogens is 4. The summed E-state index contributed by atoms with van der Waals surface area (Å²) in [5, 5.41) is 5.54.